The van der Waals surface area contributed by atoms with E-state index in [1.165, 1.54) is 0 Å². The molecule has 426 valence electrons. The number of carbonyl (C=O) groups is 2. The minimum atomic E-state index is -2.80. The molecule has 3 aliphatic rings. The van der Waals surface area contributed by atoms with Gasteiger partial charge < -0.3 is 19.4 Å². The molecule has 4 aromatic heterocycles. The Morgan fingerprint density at radius 3 is 1.05 bits per heavy atom. The average Bonchev–Trinajstić information content (AvgIpc) is 2.40. The highest BCUT2D eigenvalue weighted by Crippen LogP contribution is 2.53. The lowest BCUT2D eigenvalue weighted by Crippen LogP contribution is -2.26. The maximum atomic E-state index is 16.7. The Balaban J connectivity index is 1.45. The molecule has 0 spiro atoms. The summed E-state index contributed by atoms with van der Waals surface area (Å²) in [7, 11) is 1.62. The summed E-state index contributed by atoms with van der Waals surface area (Å²) in [5.41, 5.74) is -23.9. The maximum Gasteiger partial charge on any atom is 0.359 e. The van der Waals surface area contributed by atoms with Gasteiger partial charge in [-0.25, -0.2) is 102 Å². The topological polar surface area (TPSA) is 128 Å². The van der Waals surface area contributed by atoms with E-state index < -0.39 is 259 Å². The van der Waals surface area contributed by atoms with Crippen LogP contribution in [-0.2, 0) is 22.4 Å². The van der Waals surface area contributed by atoms with Gasteiger partial charge in [0.2, 0.25) is 23.3 Å². The fourth-order valence-corrected chi connectivity index (χ4v) is 10.3. The van der Waals surface area contributed by atoms with Crippen molar-refractivity contribution in [1.82, 2.24) is 29.7 Å². The van der Waals surface area contributed by atoms with Gasteiger partial charge in [-0.1, -0.05) is 0 Å². The summed E-state index contributed by atoms with van der Waals surface area (Å²) >= 11 is 0. The lowest BCUT2D eigenvalue weighted by molar-refractivity contribution is 0.0551. The van der Waals surface area contributed by atoms with Crippen molar-refractivity contribution in [2.75, 3.05) is 14.2 Å². The summed E-state index contributed by atoms with van der Waals surface area (Å²) in [4.78, 5) is 39.6. The minimum Gasteiger partial charge on any atom is -0.465 e. The summed E-state index contributed by atoms with van der Waals surface area (Å²) in [6, 6.07) is 2.36. The Morgan fingerprint density at radius 2 is 0.711 bits per heavy atom. The summed E-state index contributed by atoms with van der Waals surface area (Å²) in [6.07, 6.45) is 0.172. The molecule has 0 fully saturated rings. The highest BCUT2D eigenvalue weighted by Gasteiger charge is 2.46. The quantitative estimate of drug-likeness (QED) is 0.0734. The van der Waals surface area contributed by atoms with Gasteiger partial charge in [0.1, 0.15) is 5.56 Å². The highest BCUT2D eigenvalue weighted by molar-refractivity contribution is 6.03. The third-order valence-electron chi connectivity index (χ3n) is 14.0. The van der Waals surface area contributed by atoms with Crippen molar-refractivity contribution in [3.8, 4) is 44.5 Å². The standard InChI is InChI=1S/C53H20F20N6O4/c1-82-52(80)24-19-9-11-12(10-79(19)78-51(24)53(81)83-2)50-23(28-35(60)43(68)48(73)44(69)36(28)61)18-8-6-16(76-18)21(26-31(56)39(64)46(71)40(65)32(26)57)14-4-3-13(74-14)20(25-29(54)37(62)45(70)38(63)30(25)55)15-5-7-17(75-15)22(49(11)77-50)27-33(58)41(66)47(72)42(67)34(27)59/h3-8,11-12,75-76H,9-10H2,1-2H3. The first-order chi connectivity index (χ1) is 39.3. The molecule has 8 aromatic rings. The van der Waals surface area contributed by atoms with Crippen LogP contribution in [0.1, 0.15) is 61.2 Å². The monoisotopic (exact) mass is 1180 g/mol. The number of fused-ring (bicyclic) bond motifs is 12. The zero-order chi connectivity index (χ0) is 60.0. The maximum absolute atomic E-state index is 16.7. The fraction of sp³-hybridized carbons (Fsp3) is 0.113. The molecular weight excluding hydrogens is 1160 g/mol. The van der Waals surface area contributed by atoms with Gasteiger partial charge in [0.15, 0.2) is 98.8 Å². The average molecular weight is 1180 g/mol. The first-order valence-corrected chi connectivity index (χ1v) is 23.1. The van der Waals surface area contributed by atoms with Crippen molar-refractivity contribution in [1.29, 1.82) is 0 Å². The van der Waals surface area contributed by atoms with Crippen LogP contribution < -0.4 is 0 Å². The van der Waals surface area contributed by atoms with E-state index in [0.29, 0.717) is 36.4 Å². The van der Waals surface area contributed by atoms with Gasteiger partial charge in [0.05, 0.1) is 71.5 Å². The molecule has 0 amide bonds. The van der Waals surface area contributed by atoms with E-state index in [1.807, 2.05) is 0 Å². The second-order valence-electron chi connectivity index (χ2n) is 18.2. The number of aromatic amines is 2. The molecule has 30 heteroatoms. The molecule has 0 aliphatic carbocycles. The Kier molecular flexibility index (Phi) is 13.1. The highest BCUT2D eigenvalue weighted by atomic mass is 19.2. The zero-order valence-corrected chi connectivity index (χ0v) is 40.5. The largest absolute Gasteiger partial charge is 0.465 e. The van der Waals surface area contributed by atoms with Crippen LogP contribution in [0.15, 0.2) is 24.3 Å². The lowest BCUT2D eigenvalue weighted by Gasteiger charge is -2.29. The number of rotatable bonds is 6. The van der Waals surface area contributed by atoms with Gasteiger partial charge in [-0.2, -0.15) is 5.10 Å². The molecule has 2 unspecified atom stereocenters. The third-order valence-corrected chi connectivity index (χ3v) is 14.0. The van der Waals surface area contributed by atoms with Crippen LogP contribution in [-0.4, -0.2) is 55.9 Å². The Hall–Kier alpha value is -9.51. The molecule has 8 bridgehead atoms. The molecule has 7 heterocycles. The predicted octanol–water partition coefficient (Wildman–Crippen LogP) is 13.8. The van der Waals surface area contributed by atoms with Crippen molar-refractivity contribution in [3.63, 3.8) is 0 Å². The molecule has 0 radical (unpaired) electrons. The van der Waals surface area contributed by atoms with Crippen LogP contribution in [0.3, 0.4) is 0 Å². The summed E-state index contributed by atoms with van der Waals surface area (Å²) in [5, 5.41) is 4.08. The molecule has 0 saturated heterocycles. The Labute approximate surface area is 445 Å². The van der Waals surface area contributed by atoms with E-state index in [2.05, 4.69) is 25.0 Å². The number of hydrogen-bond acceptors (Lipinski definition) is 7. The van der Waals surface area contributed by atoms with Crippen LogP contribution in [0.25, 0.3) is 78.7 Å². The number of esters is 2. The van der Waals surface area contributed by atoms with Gasteiger partial charge in [-0.3, -0.25) is 9.67 Å². The van der Waals surface area contributed by atoms with Crippen molar-refractivity contribution < 1.29 is 107 Å². The van der Waals surface area contributed by atoms with E-state index in [-0.39, 0.29) is 0 Å². The van der Waals surface area contributed by atoms with E-state index in [4.69, 9.17) is 9.47 Å². The number of hydrogen-bond donors (Lipinski definition) is 2. The van der Waals surface area contributed by atoms with Gasteiger partial charge in [0, 0.05) is 56.2 Å². The van der Waals surface area contributed by atoms with Gasteiger partial charge >= 0.3 is 11.9 Å². The van der Waals surface area contributed by atoms with E-state index >= 15 is 70.2 Å². The molecular formula is C53H20F20N6O4. The van der Waals surface area contributed by atoms with Crippen LogP contribution >= 0.6 is 0 Å². The number of halogens is 20. The number of aromatic nitrogens is 6. The fourth-order valence-electron chi connectivity index (χ4n) is 10.3. The van der Waals surface area contributed by atoms with Crippen LogP contribution in [0.4, 0.5) is 87.8 Å². The number of ether oxygens (including phenoxy) is 2. The second-order valence-corrected chi connectivity index (χ2v) is 18.2. The third kappa shape index (κ3) is 7.90. The molecule has 10 nitrogen and oxygen atoms in total. The Morgan fingerprint density at radius 1 is 0.410 bits per heavy atom. The Bertz CT molecular complexity index is 4400. The van der Waals surface area contributed by atoms with Crippen molar-refractivity contribution >= 4 is 46.2 Å². The molecule has 3 aliphatic heterocycles. The molecule has 83 heavy (non-hydrogen) atoms. The van der Waals surface area contributed by atoms with Crippen molar-refractivity contribution in [2.24, 2.45) is 0 Å². The van der Waals surface area contributed by atoms with Gasteiger partial charge in [0.25, 0.3) is 0 Å². The summed E-state index contributed by atoms with van der Waals surface area (Å²) < 4.78 is 325. The predicted molar refractivity (Wildman–Crippen MR) is 245 cm³/mol. The number of carbonyl (C=O) groups excluding carboxylic acids is 2. The van der Waals surface area contributed by atoms with Crippen LogP contribution in [0.2, 0.25) is 0 Å². The SMILES string of the molecule is COC(=O)c1nn2c(c1C(=O)OC)CC1c3nc(c(-c4c(F)c(F)c(F)c(F)c4F)c4ccc([nH]4)c(-c4c(F)c(F)c(F)c(F)c4F)c4nc(c(-c5c(F)c(F)c(F)c(F)c5F)c5ccc([nH]5)c3-c3c(F)c(F)c(F)c(F)c3F)C=C4)C1C2. The molecule has 2 atom stereocenters. The molecule has 2 N–H and O–H groups in total. The summed E-state index contributed by atoms with van der Waals surface area (Å²) in [5.74, 6) is -60.8. The minimum absolute atomic E-state index is 0.441. The lowest BCUT2D eigenvalue weighted by atomic mass is 9.79. The second kappa shape index (κ2) is 19.6. The van der Waals surface area contributed by atoms with E-state index in [0.717, 1.165) is 18.9 Å². The van der Waals surface area contributed by atoms with Crippen molar-refractivity contribution in [3.05, 3.63) is 180 Å². The number of nitrogens with zero attached hydrogens (tertiary/aromatic N) is 4. The molecule has 11 rings (SSSR count). The van der Waals surface area contributed by atoms with E-state index in [9.17, 15) is 27.2 Å². The normalized spacial score (nSPS) is 14.6. The van der Waals surface area contributed by atoms with Gasteiger partial charge in [-0.15, -0.1) is 0 Å². The number of H-pyrrole nitrogens is 2. The van der Waals surface area contributed by atoms with Crippen molar-refractivity contribution in [2.45, 2.75) is 24.8 Å². The first-order valence-electron chi connectivity index (χ1n) is 23.1. The van der Waals surface area contributed by atoms with E-state index in [1.54, 1.807) is 0 Å². The van der Waals surface area contributed by atoms with Crippen LogP contribution in [0.5, 0.6) is 0 Å². The zero-order valence-electron chi connectivity index (χ0n) is 40.5. The number of nitrogens with one attached hydrogen (secondary N) is 2. The number of benzene rings is 4. The number of methoxy groups -OCH3 is 2. The summed E-state index contributed by atoms with van der Waals surface area (Å²) in [6.45, 7) is -0.976. The first kappa shape index (κ1) is 55.4. The van der Waals surface area contributed by atoms with Gasteiger partial charge in [-0.05, 0) is 42.8 Å². The van der Waals surface area contributed by atoms with Crippen LogP contribution in [0, 0.1) is 116 Å². The molecule has 0 saturated carbocycles. The molecule has 4 aromatic carbocycles. The smallest absolute Gasteiger partial charge is 0.359 e.